The molecule has 0 bridgehead atoms. The molecule has 1 amide bonds. The van der Waals surface area contributed by atoms with Crippen LogP contribution in [0.3, 0.4) is 0 Å². The van der Waals surface area contributed by atoms with Gasteiger partial charge in [0.25, 0.3) is 5.56 Å². The molecule has 8 heteroatoms. The molecular formula is C11H13F3N2O3. The van der Waals surface area contributed by atoms with E-state index < -0.39 is 35.9 Å². The van der Waals surface area contributed by atoms with Gasteiger partial charge in [0.2, 0.25) is 5.91 Å². The van der Waals surface area contributed by atoms with Gasteiger partial charge < -0.3 is 15.0 Å². The fourth-order valence-electron chi connectivity index (χ4n) is 1.35. The molecule has 106 valence electrons. The van der Waals surface area contributed by atoms with Crippen LogP contribution < -0.4 is 10.9 Å². The highest BCUT2D eigenvalue weighted by Gasteiger charge is 2.34. The molecule has 0 radical (unpaired) electrons. The number of aromatic nitrogens is 1. The van der Waals surface area contributed by atoms with E-state index in [1.54, 1.807) is 0 Å². The Kier molecular flexibility index (Phi) is 4.71. The van der Waals surface area contributed by atoms with Crippen molar-refractivity contribution in [3.8, 4) is 0 Å². The van der Waals surface area contributed by atoms with Crippen molar-refractivity contribution in [1.82, 2.24) is 9.88 Å². The van der Waals surface area contributed by atoms with E-state index in [-0.39, 0.29) is 6.54 Å². The average Bonchev–Trinajstić information content (AvgIpc) is 2.27. The van der Waals surface area contributed by atoms with Crippen LogP contribution in [0.4, 0.5) is 13.2 Å². The fourth-order valence-corrected chi connectivity index (χ4v) is 1.35. The Bertz CT molecular complexity index is 509. The number of rotatable bonds is 4. The summed E-state index contributed by atoms with van der Waals surface area (Å²) in [5.41, 5.74) is -2.60. The van der Waals surface area contributed by atoms with E-state index in [0.717, 1.165) is 12.3 Å². The zero-order valence-corrected chi connectivity index (χ0v) is 10.1. The van der Waals surface area contributed by atoms with Gasteiger partial charge in [-0.1, -0.05) is 0 Å². The minimum absolute atomic E-state index is 0.0352. The fraction of sp³-hybridized carbons (Fsp3) is 0.455. The standard InChI is InChI=1S/C11H13F3N2O3/c1-7(17)5-15-9(18)6-16-4-2-3-8(10(16)19)11(12,13)14/h2-4,7,17H,5-6H2,1H3,(H,15,18). The quantitative estimate of drug-likeness (QED) is 0.835. The monoisotopic (exact) mass is 278 g/mol. The molecule has 1 rings (SSSR count). The molecule has 0 aliphatic carbocycles. The number of amides is 1. The Morgan fingerprint density at radius 3 is 2.68 bits per heavy atom. The number of aliphatic hydroxyl groups is 1. The van der Waals surface area contributed by atoms with Crippen LogP contribution in [0.1, 0.15) is 12.5 Å². The highest BCUT2D eigenvalue weighted by Crippen LogP contribution is 2.25. The number of nitrogens with zero attached hydrogens (tertiary/aromatic N) is 1. The second-order valence-electron chi connectivity index (χ2n) is 4.01. The van der Waals surface area contributed by atoms with Gasteiger partial charge in [-0.3, -0.25) is 9.59 Å². The topological polar surface area (TPSA) is 71.3 Å². The van der Waals surface area contributed by atoms with Crippen molar-refractivity contribution in [1.29, 1.82) is 0 Å². The predicted molar refractivity (Wildman–Crippen MR) is 60.4 cm³/mol. The number of carbonyl (C=O) groups excluding carboxylic acids is 1. The number of pyridine rings is 1. The Balaban J connectivity index is 2.86. The van der Waals surface area contributed by atoms with Crippen molar-refractivity contribution in [2.24, 2.45) is 0 Å². The molecule has 1 aromatic rings. The largest absolute Gasteiger partial charge is 0.421 e. The lowest BCUT2D eigenvalue weighted by Crippen LogP contribution is -2.37. The summed E-state index contributed by atoms with van der Waals surface area (Å²) >= 11 is 0. The molecule has 0 aliphatic heterocycles. The van der Waals surface area contributed by atoms with E-state index in [0.29, 0.717) is 10.6 Å². The Morgan fingerprint density at radius 2 is 2.16 bits per heavy atom. The normalized spacial score (nSPS) is 13.1. The Morgan fingerprint density at radius 1 is 1.53 bits per heavy atom. The molecule has 1 unspecified atom stereocenters. The van der Waals surface area contributed by atoms with Crippen LogP contribution in [0, 0.1) is 0 Å². The van der Waals surface area contributed by atoms with Gasteiger partial charge in [-0.25, -0.2) is 0 Å². The molecule has 0 aromatic carbocycles. The molecule has 0 aliphatic rings. The molecule has 0 saturated carbocycles. The molecule has 0 saturated heterocycles. The molecule has 2 N–H and O–H groups in total. The van der Waals surface area contributed by atoms with E-state index in [4.69, 9.17) is 5.11 Å². The third kappa shape index (κ3) is 4.40. The first-order valence-corrected chi connectivity index (χ1v) is 5.43. The van der Waals surface area contributed by atoms with Crippen LogP contribution >= 0.6 is 0 Å². The maximum absolute atomic E-state index is 12.5. The van der Waals surface area contributed by atoms with Crippen LogP contribution in [-0.4, -0.2) is 28.2 Å². The van der Waals surface area contributed by atoms with Gasteiger partial charge in [0, 0.05) is 12.7 Å². The number of nitrogens with one attached hydrogen (secondary N) is 1. The summed E-state index contributed by atoms with van der Waals surface area (Å²) in [6.45, 7) is 0.874. The molecule has 1 aromatic heterocycles. The van der Waals surface area contributed by atoms with Crippen molar-refractivity contribution in [3.63, 3.8) is 0 Å². The van der Waals surface area contributed by atoms with Crippen molar-refractivity contribution in [2.45, 2.75) is 25.7 Å². The molecule has 0 spiro atoms. The van der Waals surface area contributed by atoms with Crippen LogP contribution in [0.5, 0.6) is 0 Å². The molecule has 1 atom stereocenters. The van der Waals surface area contributed by atoms with Gasteiger partial charge >= 0.3 is 6.18 Å². The van der Waals surface area contributed by atoms with Crippen molar-refractivity contribution in [2.75, 3.05) is 6.54 Å². The van der Waals surface area contributed by atoms with Gasteiger partial charge in [0.15, 0.2) is 0 Å². The predicted octanol–water partition coefficient (Wildman–Crippen LogP) is 0.364. The molecule has 19 heavy (non-hydrogen) atoms. The molecular weight excluding hydrogens is 265 g/mol. The number of halogens is 3. The van der Waals surface area contributed by atoms with Gasteiger partial charge in [-0.15, -0.1) is 0 Å². The molecule has 5 nitrogen and oxygen atoms in total. The maximum Gasteiger partial charge on any atom is 0.421 e. The van der Waals surface area contributed by atoms with Crippen LogP contribution in [0.25, 0.3) is 0 Å². The number of alkyl halides is 3. The lowest BCUT2D eigenvalue weighted by molar-refractivity contribution is -0.139. The lowest BCUT2D eigenvalue weighted by Gasteiger charge is -2.11. The van der Waals surface area contributed by atoms with E-state index >= 15 is 0 Å². The summed E-state index contributed by atoms with van der Waals surface area (Å²) in [4.78, 5) is 22.9. The first-order chi connectivity index (χ1) is 8.71. The Hall–Kier alpha value is -1.83. The van der Waals surface area contributed by atoms with Crippen LogP contribution in [0.15, 0.2) is 23.1 Å². The summed E-state index contributed by atoms with van der Waals surface area (Å²) < 4.78 is 38.1. The van der Waals surface area contributed by atoms with Gasteiger partial charge in [-0.05, 0) is 19.1 Å². The number of hydrogen-bond donors (Lipinski definition) is 2. The third-order valence-electron chi connectivity index (χ3n) is 2.23. The SMILES string of the molecule is CC(O)CNC(=O)Cn1cccc(C(F)(F)F)c1=O. The van der Waals surface area contributed by atoms with Crippen LogP contribution in [0.2, 0.25) is 0 Å². The summed E-state index contributed by atoms with van der Waals surface area (Å²) in [6.07, 6.45) is -4.43. The first-order valence-electron chi connectivity index (χ1n) is 5.43. The first kappa shape index (κ1) is 15.2. The van der Waals surface area contributed by atoms with E-state index in [1.165, 1.54) is 6.92 Å². The average molecular weight is 278 g/mol. The van der Waals surface area contributed by atoms with E-state index in [9.17, 15) is 22.8 Å². The smallest absolute Gasteiger partial charge is 0.392 e. The third-order valence-corrected chi connectivity index (χ3v) is 2.23. The maximum atomic E-state index is 12.5. The zero-order valence-electron chi connectivity index (χ0n) is 10.1. The highest BCUT2D eigenvalue weighted by molar-refractivity contribution is 5.75. The summed E-state index contributed by atoms with van der Waals surface area (Å²) in [5, 5.41) is 11.2. The van der Waals surface area contributed by atoms with Crippen molar-refractivity contribution < 1.29 is 23.1 Å². The minimum atomic E-state index is -4.75. The number of aliphatic hydroxyl groups excluding tert-OH is 1. The van der Waals surface area contributed by atoms with Crippen LogP contribution in [-0.2, 0) is 17.5 Å². The van der Waals surface area contributed by atoms with Gasteiger partial charge in [0.05, 0.1) is 6.10 Å². The highest BCUT2D eigenvalue weighted by atomic mass is 19.4. The zero-order chi connectivity index (χ0) is 14.6. The summed E-state index contributed by atoms with van der Waals surface area (Å²) in [5.74, 6) is -0.651. The second kappa shape index (κ2) is 5.87. The summed E-state index contributed by atoms with van der Waals surface area (Å²) in [6, 6.07) is 1.71. The molecule has 1 heterocycles. The number of hydrogen-bond acceptors (Lipinski definition) is 3. The lowest BCUT2D eigenvalue weighted by atomic mass is 10.2. The Labute approximate surface area is 106 Å². The summed E-state index contributed by atoms with van der Waals surface area (Å²) in [7, 11) is 0. The van der Waals surface area contributed by atoms with Crippen molar-refractivity contribution >= 4 is 5.91 Å². The number of carbonyl (C=O) groups is 1. The van der Waals surface area contributed by atoms with E-state index in [2.05, 4.69) is 5.32 Å². The van der Waals surface area contributed by atoms with Gasteiger partial charge in [0.1, 0.15) is 12.1 Å². The second-order valence-corrected chi connectivity index (χ2v) is 4.01. The molecule has 0 fully saturated rings. The minimum Gasteiger partial charge on any atom is -0.392 e. The van der Waals surface area contributed by atoms with Gasteiger partial charge in [-0.2, -0.15) is 13.2 Å². The van der Waals surface area contributed by atoms with Crippen molar-refractivity contribution in [3.05, 3.63) is 34.2 Å². The van der Waals surface area contributed by atoms with E-state index in [1.807, 2.05) is 0 Å².